The standard InChI is InChI=1S/C22H28ClN3O3S/c1-15-20(30-14-24-15)8-10-22(28)26-11-3-4-16(13-26)5-9-21(27)25-18-12-17(23)6-7-19(18)29-2/h6-7,12,14,16H,3-5,8-11,13H2,1-2H3,(H,25,27)/t16-/m1/s1. The van der Waals surface area contributed by atoms with Gasteiger partial charge in [-0.3, -0.25) is 9.59 Å². The van der Waals surface area contributed by atoms with Crippen molar-refractivity contribution in [3.8, 4) is 5.75 Å². The number of rotatable bonds is 8. The molecule has 8 heteroatoms. The number of aromatic nitrogens is 1. The zero-order chi connectivity index (χ0) is 21.5. The molecule has 1 aliphatic heterocycles. The van der Waals surface area contributed by atoms with E-state index in [1.165, 1.54) is 4.88 Å². The number of piperidine rings is 1. The first-order valence-electron chi connectivity index (χ1n) is 10.3. The summed E-state index contributed by atoms with van der Waals surface area (Å²) in [5, 5.41) is 3.43. The summed E-state index contributed by atoms with van der Waals surface area (Å²) in [6.07, 6.45) is 4.46. The molecule has 6 nitrogen and oxygen atoms in total. The van der Waals surface area contributed by atoms with Gasteiger partial charge in [0.25, 0.3) is 0 Å². The van der Waals surface area contributed by atoms with Crippen LogP contribution in [-0.2, 0) is 16.0 Å². The zero-order valence-corrected chi connectivity index (χ0v) is 19.0. The number of nitrogens with zero attached hydrogens (tertiary/aromatic N) is 2. The summed E-state index contributed by atoms with van der Waals surface area (Å²) < 4.78 is 5.27. The van der Waals surface area contributed by atoms with Crippen molar-refractivity contribution in [1.82, 2.24) is 9.88 Å². The van der Waals surface area contributed by atoms with Crippen molar-refractivity contribution >= 4 is 40.4 Å². The Kier molecular flexibility index (Phi) is 8.10. The van der Waals surface area contributed by atoms with Gasteiger partial charge >= 0.3 is 0 Å². The molecule has 1 saturated heterocycles. The van der Waals surface area contributed by atoms with Crippen molar-refractivity contribution in [1.29, 1.82) is 0 Å². The van der Waals surface area contributed by atoms with Crippen molar-refractivity contribution in [3.63, 3.8) is 0 Å². The van der Waals surface area contributed by atoms with E-state index in [0.29, 0.717) is 35.2 Å². The Balaban J connectivity index is 1.45. The van der Waals surface area contributed by atoms with Gasteiger partial charge in [-0.2, -0.15) is 0 Å². The monoisotopic (exact) mass is 449 g/mol. The number of aryl methyl sites for hydroxylation is 2. The van der Waals surface area contributed by atoms with Gasteiger partial charge in [-0.15, -0.1) is 11.3 Å². The molecular formula is C22H28ClN3O3S. The topological polar surface area (TPSA) is 71.5 Å². The molecule has 1 atom stereocenters. The molecule has 0 spiro atoms. The first-order chi connectivity index (χ1) is 14.5. The van der Waals surface area contributed by atoms with Gasteiger partial charge in [0, 0.05) is 35.8 Å². The highest BCUT2D eigenvalue weighted by molar-refractivity contribution is 7.09. The number of hydrogen-bond donors (Lipinski definition) is 1. The quantitative estimate of drug-likeness (QED) is 0.633. The Morgan fingerprint density at radius 3 is 2.93 bits per heavy atom. The van der Waals surface area contributed by atoms with Gasteiger partial charge in [0.2, 0.25) is 11.8 Å². The average molecular weight is 450 g/mol. The third-order valence-electron chi connectivity index (χ3n) is 5.50. The molecular weight excluding hydrogens is 422 g/mol. The van der Waals surface area contributed by atoms with Gasteiger partial charge < -0.3 is 15.0 Å². The Hall–Kier alpha value is -2.12. The fourth-order valence-electron chi connectivity index (χ4n) is 3.80. The highest BCUT2D eigenvalue weighted by Gasteiger charge is 2.24. The molecule has 2 amide bonds. The molecule has 1 aromatic carbocycles. The van der Waals surface area contributed by atoms with Crippen LogP contribution in [-0.4, -0.2) is 41.9 Å². The molecule has 1 aromatic heterocycles. The van der Waals surface area contributed by atoms with Crippen LogP contribution >= 0.6 is 22.9 Å². The van der Waals surface area contributed by atoms with E-state index in [0.717, 1.165) is 44.5 Å². The van der Waals surface area contributed by atoms with E-state index in [-0.39, 0.29) is 11.8 Å². The number of carbonyl (C=O) groups is 2. The predicted octanol–water partition coefficient (Wildman–Crippen LogP) is 4.70. The van der Waals surface area contributed by atoms with Crippen molar-refractivity contribution in [2.75, 3.05) is 25.5 Å². The van der Waals surface area contributed by atoms with Crippen LogP contribution < -0.4 is 10.1 Å². The summed E-state index contributed by atoms with van der Waals surface area (Å²) in [5.41, 5.74) is 3.43. The number of benzene rings is 1. The molecule has 2 aromatic rings. The van der Waals surface area contributed by atoms with Gasteiger partial charge in [0.1, 0.15) is 5.75 Å². The Bertz CT molecular complexity index is 886. The molecule has 30 heavy (non-hydrogen) atoms. The lowest BCUT2D eigenvalue weighted by atomic mass is 9.93. The van der Waals surface area contributed by atoms with E-state index < -0.39 is 0 Å². The Morgan fingerprint density at radius 2 is 2.20 bits per heavy atom. The molecule has 0 unspecified atom stereocenters. The minimum Gasteiger partial charge on any atom is -0.495 e. The normalized spacial score (nSPS) is 16.4. The van der Waals surface area contributed by atoms with E-state index in [1.807, 2.05) is 17.3 Å². The van der Waals surface area contributed by atoms with Crippen LogP contribution in [0.25, 0.3) is 0 Å². The smallest absolute Gasteiger partial charge is 0.224 e. The number of methoxy groups -OCH3 is 1. The van der Waals surface area contributed by atoms with Crippen LogP contribution in [0.1, 0.15) is 42.7 Å². The van der Waals surface area contributed by atoms with Gasteiger partial charge in [0.05, 0.1) is 24.0 Å². The molecule has 162 valence electrons. The van der Waals surface area contributed by atoms with E-state index >= 15 is 0 Å². The number of carbonyl (C=O) groups excluding carboxylic acids is 2. The maximum atomic E-state index is 12.6. The van der Waals surface area contributed by atoms with Crippen molar-refractivity contribution < 1.29 is 14.3 Å². The van der Waals surface area contributed by atoms with Crippen LogP contribution in [0.3, 0.4) is 0 Å². The summed E-state index contributed by atoms with van der Waals surface area (Å²) in [6, 6.07) is 5.14. The predicted molar refractivity (Wildman–Crippen MR) is 120 cm³/mol. The fraction of sp³-hybridized carbons (Fsp3) is 0.500. The number of halogens is 1. The SMILES string of the molecule is COc1ccc(Cl)cc1NC(=O)CC[C@H]1CCCN(C(=O)CCc2scnc2C)C1. The van der Waals surface area contributed by atoms with Crippen molar-refractivity contribution in [2.24, 2.45) is 5.92 Å². The van der Waals surface area contributed by atoms with Crippen LogP contribution in [0.4, 0.5) is 5.69 Å². The summed E-state index contributed by atoms with van der Waals surface area (Å²) in [4.78, 5) is 32.4. The number of thiazole rings is 1. The molecule has 0 aliphatic carbocycles. The van der Waals surface area contributed by atoms with Crippen molar-refractivity contribution in [2.45, 2.75) is 45.4 Å². The molecule has 0 saturated carbocycles. The number of hydrogen-bond acceptors (Lipinski definition) is 5. The number of nitrogens with one attached hydrogen (secondary N) is 1. The second-order valence-corrected chi connectivity index (χ2v) is 9.02. The van der Waals surface area contributed by atoms with Crippen LogP contribution in [0.15, 0.2) is 23.7 Å². The van der Waals surface area contributed by atoms with Gasteiger partial charge in [-0.1, -0.05) is 11.6 Å². The molecule has 1 aliphatic rings. The molecule has 2 heterocycles. The summed E-state index contributed by atoms with van der Waals surface area (Å²) in [6.45, 7) is 3.52. The first-order valence-corrected chi connectivity index (χ1v) is 11.5. The second kappa shape index (κ2) is 10.8. The van der Waals surface area contributed by atoms with Crippen LogP contribution in [0.5, 0.6) is 5.75 Å². The maximum Gasteiger partial charge on any atom is 0.224 e. The molecule has 3 rings (SSSR count). The fourth-order valence-corrected chi connectivity index (χ4v) is 4.75. The highest BCUT2D eigenvalue weighted by Crippen LogP contribution is 2.28. The number of likely N-dealkylation sites (tertiary alicyclic amines) is 1. The minimum atomic E-state index is -0.0697. The summed E-state index contributed by atoms with van der Waals surface area (Å²) >= 11 is 7.63. The first kappa shape index (κ1) is 22.6. The molecule has 0 radical (unpaired) electrons. The zero-order valence-electron chi connectivity index (χ0n) is 17.4. The lowest BCUT2D eigenvalue weighted by Crippen LogP contribution is -2.40. The van der Waals surface area contributed by atoms with E-state index in [1.54, 1.807) is 36.6 Å². The van der Waals surface area contributed by atoms with Gasteiger partial charge in [-0.25, -0.2) is 4.98 Å². The van der Waals surface area contributed by atoms with Crippen LogP contribution in [0, 0.1) is 12.8 Å². The highest BCUT2D eigenvalue weighted by atomic mass is 35.5. The Labute approximate surface area is 186 Å². The maximum absolute atomic E-state index is 12.6. The van der Waals surface area contributed by atoms with Crippen molar-refractivity contribution in [3.05, 3.63) is 39.3 Å². The van der Waals surface area contributed by atoms with Gasteiger partial charge in [-0.05, 0) is 56.7 Å². The minimum absolute atomic E-state index is 0.0697. The summed E-state index contributed by atoms with van der Waals surface area (Å²) in [7, 11) is 1.56. The van der Waals surface area contributed by atoms with E-state index in [2.05, 4.69) is 10.3 Å². The van der Waals surface area contributed by atoms with E-state index in [4.69, 9.17) is 16.3 Å². The third kappa shape index (κ3) is 6.19. The van der Waals surface area contributed by atoms with Crippen LogP contribution in [0.2, 0.25) is 5.02 Å². The number of anilines is 1. The average Bonchev–Trinajstić information content (AvgIpc) is 3.15. The Morgan fingerprint density at radius 1 is 1.37 bits per heavy atom. The largest absolute Gasteiger partial charge is 0.495 e. The number of ether oxygens (including phenoxy) is 1. The summed E-state index contributed by atoms with van der Waals surface area (Å²) in [5.74, 6) is 1.05. The third-order valence-corrected chi connectivity index (χ3v) is 6.73. The molecule has 1 fully saturated rings. The number of amides is 2. The molecule has 1 N–H and O–H groups in total. The second-order valence-electron chi connectivity index (χ2n) is 7.64. The van der Waals surface area contributed by atoms with E-state index in [9.17, 15) is 9.59 Å². The molecule has 0 bridgehead atoms. The van der Waals surface area contributed by atoms with Gasteiger partial charge in [0.15, 0.2) is 0 Å². The lowest BCUT2D eigenvalue weighted by molar-refractivity contribution is -0.133. The lowest BCUT2D eigenvalue weighted by Gasteiger charge is -2.33.